The molecule has 0 spiro atoms. The van der Waals surface area contributed by atoms with Crippen LogP contribution < -0.4 is 5.73 Å². The van der Waals surface area contributed by atoms with Crippen LogP contribution in [0.1, 0.15) is 29.5 Å². The van der Waals surface area contributed by atoms with Crippen molar-refractivity contribution in [3.8, 4) is 0 Å². The van der Waals surface area contributed by atoms with Crippen molar-refractivity contribution >= 4 is 0 Å². The van der Waals surface area contributed by atoms with Crippen molar-refractivity contribution in [2.24, 2.45) is 5.73 Å². The minimum atomic E-state index is -4.28. The van der Waals surface area contributed by atoms with Gasteiger partial charge in [-0.1, -0.05) is 18.6 Å². The van der Waals surface area contributed by atoms with E-state index in [1.165, 1.54) is 6.07 Å². The van der Waals surface area contributed by atoms with Crippen molar-refractivity contribution in [2.45, 2.75) is 25.9 Å². The minimum absolute atomic E-state index is 0.0500. The molecule has 1 nitrogen and oxygen atoms in total. The monoisotopic (exact) mass is 217 g/mol. The Balaban J connectivity index is 3.17. The van der Waals surface area contributed by atoms with Crippen LogP contribution >= 0.6 is 0 Å². The fourth-order valence-corrected chi connectivity index (χ4v) is 1.40. The van der Waals surface area contributed by atoms with Crippen LogP contribution in [0.25, 0.3) is 0 Å². The van der Waals surface area contributed by atoms with E-state index < -0.39 is 11.7 Å². The molecule has 1 aromatic rings. The highest BCUT2D eigenvalue weighted by Crippen LogP contribution is 2.32. The summed E-state index contributed by atoms with van der Waals surface area (Å²) >= 11 is 0. The van der Waals surface area contributed by atoms with Crippen LogP contribution in [0.5, 0.6) is 0 Å². The van der Waals surface area contributed by atoms with Crippen molar-refractivity contribution in [1.82, 2.24) is 0 Å². The highest BCUT2D eigenvalue weighted by atomic mass is 19.4. The molecule has 2 N–H and O–H groups in total. The van der Waals surface area contributed by atoms with E-state index in [1.807, 2.05) is 6.92 Å². The molecule has 0 fully saturated rings. The Morgan fingerprint density at radius 1 is 1.27 bits per heavy atom. The second-order valence-corrected chi connectivity index (χ2v) is 3.77. The molecular weight excluding hydrogens is 203 g/mol. The van der Waals surface area contributed by atoms with Crippen molar-refractivity contribution in [3.63, 3.8) is 0 Å². The van der Waals surface area contributed by atoms with E-state index in [1.54, 1.807) is 13.0 Å². The van der Waals surface area contributed by atoms with Crippen LogP contribution in [-0.2, 0) is 6.18 Å². The maximum Gasteiger partial charge on any atom is 0.416 e. The summed E-state index contributed by atoms with van der Waals surface area (Å²) in [5.74, 6) is -0.0500. The summed E-state index contributed by atoms with van der Waals surface area (Å²) in [5.41, 5.74) is 6.09. The number of alkyl halides is 3. The fourth-order valence-electron chi connectivity index (χ4n) is 1.40. The third-order valence-corrected chi connectivity index (χ3v) is 2.35. The molecule has 1 rings (SSSR count). The first-order valence-electron chi connectivity index (χ1n) is 4.73. The Kier molecular flexibility index (Phi) is 3.39. The number of benzene rings is 1. The smallest absolute Gasteiger partial charge is 0.330 e. The molecule has 0 bridgehead atoms. The van der Waals surface area contributed by atoms with Gasteiger partial charge < -0.3 is 5.73 Å². The molecule has 84 valence electrons. The van der Waals surface area contributed by atoms with Crippen LogP contribution in [0.2, 0.25) is 0 Å². The Bertz CT molecular complexity index is 344. The lowest BCUT2D eigenvalue weighted by atomic mass is 9.97. The van der Waals surface area contributed by atoms with Crippen molar-refractivity contribution < 1.29 is 13.2 Å². The lowest BCUT2D eigenvalue weighted by molar-refractivity contribution is -0.137. The molecule has 15 heavy (non-hydrogen) atoms. The van der Waals surface area contributed by atoms with Crippen molar-refractivity contribution in [1.29, 1.82) is 0 Å². The van der Waals surface area contributed by atoms with Gasteiger partial charge in [-0.2, -0.15) is 13.2 Å². The second-order valence-electron chi connectivity index (χ2n) is 3.77. The molecule has 0 aliphatic heterocycles. The predicted octanol–water partition coefficient (Wildman–Crippen LogP) is 3.08. The lowest BCUT2D eigenvalue weighted by Crippen LogP contribution is -2.11. The normalized spacial score (nSPS) is 14.0. The van der Waals surface area contributed by atoms with E-state index in [4.69, 9.17) is 5.73 Å². The Hall–Kier alpha value is -1.03. The molecule has 0 heterocycles. The van der Waals surface area contributed by atoms with Crippen molar-refractivity contribution in [3.05, 3.63) is 34.9 Å². The average molecular weight is 217 g/mol. The molecule has 0 saturated heterocycles. The maximum absolute atomic E-state index is 12.5. The predicted molar refractivity (Wildman–Crippen MR) is 53.7 cm³/mol. The first-order chi connectivity index (χ1) is 6.84. The highest BCUT2D eigenvalue weighted by Gasteiger charge is 2.31. The largest absolute Gasteiger partial charge is 0.416 e. The molecule has 1 unspecified atom stereocenters. The topological polar surface area (TPSA) is 26.0 Å². The van der Waals surface area contributed by atoms with E-state index in [0.29, 0.717) is 17.7 Å². The quantitative estimate of drug-likeness (QED) is 0.809. The molecule has 4 heteroatoms. The zero-order chi connectivity index (χ0) is 11.6. The van der Waals surface area contributed by atoms with Gasteiger partial charge in [0.05, 0.1) is 5.56 Å². The number of aryl methyl sites for hydroxylation is 1. The summed E-state index contributed by atoms with van der Waals surface area (Å²) in [5, 5.41) is 0. The summed E-state index contributed by atoms with van der Waals surface area (Å²) in [7, 11) is 0. The maximum atomic E-state index is 12.5. The van der Waals surface area contributed by atoms with Gasteiger partial charge in [0.25, 0.3) is 0 Å². The van der Waals surface area contributed by atoms with Crippen LogP contribution in [0.4, 0.5) is 13.2 Å². The standard InChI is InChI=1S/C11H14F3N/c1-7-3-9(8(2)6-15)5-10(4-7)11(12,13)14/h3-5,8H,6,15H2,1-2H3. The molecule has 0 radical (unpaired) electrons. The van der Waals surface area contributed by atoms with Gasteiger partial charge in [0.1, 0.15) is 0 Å². The fraction of sp³-hybridized carbons (Fsp3) is 0.455. The van der Waals surface area contributed by atoms with Crippen LogP contribution in [-0.4, -0.2) is 6.54 Å². The Morgan fingerprint density at radius 3 is 2.33 bits per heavy atom. The lowest BCUT2D eigenvalue weighted by Gasteiger charge is -2.14. The summed E-state index contributed by atoms with van der Waals surface area (Å²) in [6.07, 6.45) is -4.28. The molecule has 0 aromatic heterocycles. The average Bonchev–Trinajstić information content (AvgIpc) is 2.14. The van der Waals surface area contributed by atoms with Gasteiger partial charge >= 0.3 is 6.18 Å². The molecule has 1 aromatic carbocycles. The SMILES string of the molecule is Cc1cc(C(C)CN)cc(C(F)(F)F)c1. The number of hydrogen-bond donors (Lipinski definition) is 1. The Morgan fingerprint density at radius 2 is 1.87 bits per heavy atom. The summed E-state index contributed by atoms with van der Waals surface area (Å²) in [6.45, 7) is 3.82. The van der Waals surface area contributed by atoms with Gasteiger partial charge in [-0.05, 0) is 37.1 Å². The third kappa shape index (κ3) is 2.96. The van der Waals surface area contributed by atoms with Crippen LogP contribution in [0.3, 0.4) is 0 Å². The van der Waals surface area contributed by atoms with E-state index in [0.717, 1.165) is 6.07 Å². The van der Waals surface area contributed by atoms with Gasteiger partial charge in [0.2, 0.25) is 0 Å². The highest BCUT2D eigenvalue weighted by molar-refractivity contribution is 5.33. The number of rotatable bonds is 2. The summed E-state index contributed by atoms with van der Waals surface area (Å²) < 4.78 is 37.5. The summed E-state index contributed by atoms with van der Waals surface area (Å²) in [4.78, 5) is 0. The first-order valence-corrected chi connectivity index (χ1v) is 4.73. The number of nitrogens with two attached hydrogens (primary N) is 1. The first kappa shape index (κ1) is 12.0. The molecule has 0 aliphatic rings. The van der Waals surface area contributed by atoms with Crippen LogP contribution in [0.15, 0.2) is 18.2 Å². The Labute approximate surface area is 87.1 Å². The van der Waals surface area contributed by atoms with Gasteiger partial charge in [-0.3, -0.25) is 0 Å². The number of hydrogen-bond acceptors (Lipinski definition) is 1. The van der Waals surface area contributed by atoms with Crippen molar-refractivity contribution in [2.75, 3.05) is 6.54 Å². The third-order valence-electron chi connectivity index (χ3n) is 2.35. The molecule has 0 aliphatic carbocycles. The van der Waals surface area contributed by atoms with E-state index in [2.05, 4.69) is 0 Å². The van der Waals surface area contributed by atoms with Gasteiger partial charge in [0.15, 0.2) is 0 Å². The van der Waals surface area contributed by atoms with Gasteiger partial charge in [0, 0.05) is 0 Å². The zero-order valence-electron chi connectivity index (χ0n) is 8.73. The van der Waals surface area contributed by atoms with Gasteiger partial charge in [-0.25, -0.2) is 0 Å². The number of halogens is 3. The zero-order valence-corrected chi connectivity index (χ0v) is 8.73. The van der Waals surface area contributed by atoms with E-state index in [-0.39, 0.29) is 5.92 Å². The second kappa shape index (κ2) is 4.23. The van der Waals surface area contributed by atoms with Crippen LogP contribution in [0, 0.1) is 6.92 Å². The molecular formula is C11H14F3N. The van der Waals surface area contributed by atoms with E-state index >= 15 is 0 Å². The van der Waals surface area contributed by atoms with Gasteiger partial charge in [-0.15, -0.1) is 0 Å². The molecule has 0 amide bonds. The van der Waals surface area contributed by atoms with E-state index in [9.17, 15) is 13.2 Å². The summed E-state index contributed by atoms with van der Waals surface area (Å²) in [6, 6.07) is 4.06. The molecule has 0 saturated carbocycles. The molecule has 1 atom stereocenters. The minimum Gasteiger partial charge on any atom is -0.330 e.